The van der Waals surface area contributed by atoms with Crippen molar-refractivity contribution >= 4 is 23.2 Å². The molecule has 4 rings (SSSR count). The number of hydrogen-bond acceptors (Lipinski definition) is 5. The lowest BCUT2D eigenvalue weighted by atomic mass is 10.00. The lowest BCUT2D eigenvalue weighted by Crippen LogP contribution is -2.48. The van der Waals surface area contributed by atoms with E-state index in [2.05, 4.69) is 37.4 Å². The molecule has 2 aromatic carbocycles. The third-order valence-electron chi connectivity index (χ3n) is 6.85. The minimum atomic E-state index is -0.412. The highest BCUT2D eigenvalue weighted by molar-refractivity contribution is 7.10. The Morgan fingerprint density at radius 2 is 1.84 bits per heavy atom. The topological polar surface area (TPSA) is 59.1 Å². The first-order chi connectivity index (χ1) is 18.4. The average molecular weight is 539 g/mol. The van der Waals surface area contributed by atoms with E-state index in [4.69, 9.17) is 9.47 Å². The number of fused-ring (bicyclic) bond motifs is 1. The van der Waals surface area contributed by atoms with Gasteiger partial charge in [-0.15, -0.1) is 11.3 Å². The van der Waals surface area contributed by atoms with Gasteiger partial charge in [0.1, 0.15) is 24.7 Å². The first-order valence-electron chi connectivity index (χ1n) is 13.0. The molecule has 3 aromatic rings. The van der Waals surface area contributed by atoms with Gasteiger partial charge in [-0.05, 0) is 77.7 Å². The Bertz CT molecular complexity index is 1210. The van der Waals surface area contributed by atoms with Crippen LogP contribution in [0.15, 0.2) is 60.0 Å². The lowest BCUT2D eigenvalue weighted by molar-refractivity contribution is -0.135. The van der Waals surface area contributed by atoms with Crippen molar-refractivity contribution in [2.75, 3.05) is 40.0 Å². The summed E-state index contributed by atoms with van der Waals surface area (Å²) in [6.45, 7) is 5.94. The van der Waals surface area contributed by atoms with E-state index in [1.807, 2.05) is 17.0 Å². The van der Waals surface area contributed by atoms with Crippen molar-refractivity contribution in [2.24, 2.45) is 0 Å². The molecule has 6 nitrogen and oxygen atoms in total. The summed E-state index contributed by atoms with van der Waals surface area (Å²) >= 11 is 1.70. The molecule has 1 atom stereocenters. The van der Waals surface area contributed by atoms with Crippen LogP contribution in [0.1, 0.15) is 58.6 Å². The Balaban J connectivity index is 1.50. The number of carbonyl (C=O) groups excluding carboxylic acids is 2. The average Bonchev–Trinajstić information content (AvgIpc) is 3.40. The van der Waals surface area contributed by atoms with Crippen LogP contribution in [0.2, 0.25) is 0 Å². The molecule has 0 spiro atoms. The summed E-state index contributed by atoms with van der Waals surface area (Å²) in [6, 6.07) is 15.3. The smallest absolute Gasteiger partial charge is 0.254 e. The summed E-state index contributed by atoms with van der Waals surface area (Å²) in [5.41, 5.74) is 2.69. The van der Waals surface area contributed by atoms with Crippen LogP contribution in [0.5, 0.6) is 5.75 Å². The van der Waals surface area contributed by atoms with Crippen LogP contribution in [-0.2, 0) is 16.0 Å². The van der Waals surface area contributed by atoms with Gasteiger partial charge in [0, 0.05) is 37.2 Å². The molecule has 8 heteroatoms. The second-order valence-electron chi connectivity index (χ2n) is 9.77. The maximum absolute atomic E-state index is 13.7. The minimum Gasteiger partial charge on any atom is -0.491 e. The summed E-state index contributed by atoms with van der Waals surface area (Å²) in [7, 11) is 1.60. The molecule has 2 amide bonds. The Labute approximate surface area is 228 Å². The van der Waals surface area contributed by atoms with E-state index >= 15 is 0 Å². The van der Waals surface area contributed by atoms with Crippen LogP contribution in [-0.4, -0.2) is 61.6 Å². The van der Waals surface area contributed by atoms with E-state index in [0.29, 0.717) is 44.2 Å². The van der Waals surface area contributed by atoms with Gasteiger partial charge in [-0.3, -0.25) is 9.59 Å². The molecule has 0 N–H and O–H groups in total. The zero-order valence-electron chi connectivity index (χ0n) is 22.2. The molecule has 0 radical (unpaired) electrons. The second kappa shape index (κ2) is 13.0. The molecule has 202 valence electrons. The third kappa shape index (κ3) is 6.79. The second-order valence-corrected chi connectivity index (χ2v) is 10.8. The maximum atomic E-state index is 13.7. The fourth-order valence-electron chi connectivity index (χ4n) is 4.68. The van der Waals surface area contributed by atoms with Crippen LogP contribution in [0.4, 0.5) is 4.39 Å². The minimum absolute atomic E-state index is 0.0705. The highest BCUT2D eigenvalue weighted by Crippen LogP contribution is 2.34. The van der Waals surface area contributed by atoms with Crippen molar-refractivity contribution in [1.82, 2.24) is 9.80 Å². The quantitative estimate of drug-likeness (QED) is 0.294. The van der Waals surface area contributed by atoms with Gasteiger partial charge in [0.2, 0.25) is 5.91 Å². The molecule has 0 saturated heterocycles. The molecule has 0 aliphatic carbocycles. The first-order valence-corrected chi connectivity index (χ1v) is 13.9. The Morgan fingerprint density at radius 1 is 1.11 bits per heavy atom. The fourth-order valence-corrected chi connectivity index (χ4v) is 5.61. The molecule has 1 aromatic heterocycles. The number of methoxy groups -OCH3 is 1. The lowest BCUT2D eigenvalue weighted by Gasteiger charge is -2.37. The van der Waals surface area contributed by atoms with Crippen LogP contribution >= 0.6 is 11.3 Å². The number of nitrogens with zero attached hydrogens (tertiary/aromatic N) is 2. The van der Waals surface area contributed by atoms with Crippen molar-refractivity contribution in [3.05, 3.63) is 87.4 Å². The molecule has 0 fully saturated rings. The summed E-state index contributed by atoms with van der Waals surface area (Å²) in [6.07, 6.45) is 1.36. The van der Waals surface area contributed by atoms with E-state index in [1.54, 1.807) is 18.4 Å². The molecular formula is C30H35FN2O4S. The van der Waals surface area contributed by atoms with Crippen LogP contribution in [0.25, 0.3) is 0 Å². The SMILES string of the molecule is COCCCN(CC(=O)N1CCc2sccc2C1COc1ccc(C(C)C)cc1)C(=O)c1ccc(F)cc1. The van der Waals surface area contributed by atoms with Gasteiger partial charge in [-0.25, -0.2) is 4.39 Å². The molecule has 38 heavy (non-hydrogen) atoms. The van der Waals surface area contributed by atoms with E-state index in [0.717, 1.165) is 17.7 Å². The van der Waals surface area contributed by atoms with E-state index in [9.17, 15) is 14.0 Å². The van der Waals surface area contributed by atoms with Crippen molar-refractivity contribution in [3.8, 4) is 5.75 Å². The highest BCUT2D eigenvalue weighted by atomic mass is 32.1. The molecule has 1 aliphatic heterocycles. The zero-order chi connectivity index (χ0) is 27.1. The van der Waals surface area contributed by atoms with E-state index in [1.165, 1.54) is 39.6 Å². The number of thiophene rings is 1. The van der Waals surface area contributed by atoms with Gasteiger partial charge >= 0.3 is 0 Å². The number of ether oxygens (including phenoxy) is 2. The van der Waals surface area contributed by atoms with Crippen LogP contribution < -0.4 is 4.74 Å². The van der Waals surface area contributed by atoms with Gasteiger partial charge < -0.3 is 19.3 Å². The number of benzene rings is 2. The summed E-state index contributed by atoms with van der Waals surface area (Å²) in [4.78, 5) is 31.6. The number of carbonyl (C=O) groups is 2. The molecule has 0 bridgehead atoms. The molecular weight excluding hydrogens is 503 g/mol. The van der Waals surface area contributed by atoms with Crippen molar-refractivity contribution in [2.45, 2.75) is 38.6 Å². The number of halogens is 1. The van der Waals surface area contributed by atoms with Gasteiger partial charge in [-0.1, -0.05) is 26.0 Å². The zero-order valence-corrected chi connectivity index (χ0v) is 23.0. The van der Waals surface area contributed by atoms with Gasteiger partial charge in [0.05, 0.1) is 6.04 Å². The molecule has 0 saturated carbocycles. The predicted molar refractivity (Wildman–Crippen MR) is 147 cm³/mol. The van der Waals surface area contributed by atoms with E-state index < -0.39 is 5.82 Å². The molecule has 1 unspecified atom stereocenters. The van der Waals surface area contributed by atoms with Crippen LogP contribution in [0.3, 0.4) is 0 Å². The third-order valence-corrected chi connectivity index (χ3v) is 7.85. The summed E-state index contributed by atoms with van der Waals surface area (Å²) in [5.74, 6) is 0.342. The first kappa shape index (κ1) is 27.8. The fraction of sp³-hybridized carbons (Fsp3) is 0.400. The number of hydrogen-bond donors (Lipinski definition) is 0. The number of rotatable bonds is 11. The summed E-state index contributed by atoms with van der Waals surface area (Å²) in [5, 5.41) is 2.05. The van der Waals surface area contributed by atoms with Crippen molar-refractivity contribution < 1.29 is 23.5 Å². The molecule has 1 aliphatic rings. The van der Waals surface area contributed by atoms with Gasteiger partial charge in [0.15, 0.2) is 0 Å². The number of amides is 2. The van der Waals surface area contributed by atoms with Crippen molar-refractivity contribution in [1.29, 1.82) is 0 Å². The Hall–Kier alpha value is -3.23. The molecule has 2 heterocycles. The largest absolute Gasteiger partial charge is 0.491 e. The standard InChI is InChI=1S/C30H35FN2O4S/c1-21(2)22-7-11-25(12-8-22)37-20-27-26-14-18-38-28(26)13-16-33(27)29(34)19-32(15-4-17-36-3)30(35)23-5-9-24(31)10-6-23/h5-12,14,18,21,27H,4,13,15-17,19-20H2,1-3H3. The van der Waals surface area contributed by atoms with Gasteiger partial charge in [-0.2, -0.15) is 0 Å². The van der Waals surface area contributed by atoms with Crippen LogP contribution in [0, 0.1) is 5.82 Å². The Kier molecular flexibility index (Phi) is 9.53. The highest BCUT2D eigenvalue weighted by Gasteiger charge is 2.33. The Morgan fingerprint density at radius 3 is 2.53 bits per heavy atom. The monoisotopic (exact) mass is 538 g/mol. The predicted octanol–water partition coefficient (Wildman–Crippen LogP) is 5.69. The summed E-state index contributed by atoms with van der Waals surface area (Å²) < 4.78 is 24.8. The van der Waals surface area contributed by atoms with Crippen molar-refractivity contribution in [3.63, 3.8) is 0 Å². The van der Waals surface area contributed by atoms with Gasteiger partial charge in [0.25, 0.3) is 5.91 Å². The van der Waals surface area contributed by atoms with E-state index in [-0.39, 0.29) is 24.4 Å². The normalized spacial score (nSPS) is 14.9. The maximum Gasteiger partial charge on any atom is 0.254 e.